The summed E-state index contributed by atoms with van der Waals surface area (Å²) in [5, 5.41) is 0.597. The summed E-state index contributed by atoms with van der Waals surface area (Å²) in [4.78, 5) is 12.7. The third-order valence-corrected chi connectivity index (χ3v) is 3.68. The highest BCUT2D eigenvalue weighted by molar-refractivity contribution is 7.16. The Hall–Kier alpha value is -1.07. The lowest BCUT2D eigenvalue weighted by atomic mass is 9.95. The van der Waals surface area contributed by atoms with Crippen molar-refractivity contribution in [3.05, 3.63) is 16.0 Å². The predicted octanol–water partition coefficient (Wildman–Crippen LogP) is 1.84. The number of aryl methyl sites for hydroxylation is 1. The fourth-order valence-corrected chi connectivity index (χ4v) is 3.07. The molecule has 0 aliphatic heterocycles. The standard InChI is InChI=1S/C9H13N3OS.C2H6/c10-8-7(9(13)12-11)5-3-1-2-4-6(5)14-8;1-2/h1-4,10-11H2,(H,12,13);1-2H3. The molecule has 0 radical (unpaired) electrons. The van der Waals surface area contributed by atoms with Crippen LogP contribution in [-0.4, -0.2) is 5.91 Å². The average Bonchev–Trinajstić information content (AvgIpc) is 2.66. The van der Waals surface area contributed by atoms with Gasteiger partial charge in [-0.3, -0.25) is 10.2 Å². The maximum atomic E-state index is 11.5. The molecule has 16 heavy (non-hydrogen) atoms. The second kappa shape index (κ2) is 5.86. The van der Waals surface area contributed by atoms with Crippen LogP contribution in [0.5, 0.6) is 0 Å². The predicted molar refractivity (Wildman–Crippen MR) is 68.4 cm³/mol. The Labute approximate surface area is 100.0 Å². The minimum atomic E-state index is -0.262. The minimum absolute atomic E-state index is 0.262. The van der Waals surface area contributed by atoms with E-state index < -0.39 is 0 Å². The number of amides is 1. The normalized spacial score (nSPS) is 13.4. The Morgan fingerprint density at radius 1 is 1.31 bits per heavy atom. The van der Waals surface area contributed by atoms with Crippen LogP contribution in [0, 0.1) is 0 Å². The number of fused-ring (bicyclic) bond motifs is 1. The van der Waals surface area contributed by atoms with Gasteiger partial charge in [0.25, 0.3) is 5.91 Å². The number of hydrazine groups is 1. The molecule has 0 fully saturated rings. The second-order valence-corrected chi connectivity index (χ2v) is 4.56. The molecule has 0 unspecified atom stereocenters. The van der Waals surface area contributed by atoms with Crippen LogP contribution in [0.15, 0.2) is 0 Å². The van der Waals surface area contributed by atoms with Crippen LogP contribution >= 0.6 is 11.3 Å². The summed E-state index contributed by atoms with van der Waals surface area (Å²) < 4.78 is 0. The van der Waals surface area contributed by atoms with Crippen molar-refractivity contribution in [2.24, 2.45) is 5.84 Å². The maximum absolute atomic E-state index is 11.5. The first-order valence-electron chi connectivity index (χ1n) is 5.65. The van der Waals surface area contributed by atoms with Crippen LogP contribution in [0.2, 0.25) is 0 Å². The van der Waals surface area contributed by atoms with Gasteiger partial charge in [-0.2, -0.15) is 0 Å². The van der Waals surface area contributed by atoms with Gasteiger partial charge in [0.05, 0.1) is 10.6 Å². The van der Waals surface area contributed by atoms with E-state index in [1.807, 2.05) is 13.8 Å². The van der Waals surface area contributed by atoms with Crippen LogP contribution in [0.4, 0.5) is 5.00 Å². The number of hydrogen-bond acceptors (Lipinski definition) is 4. The lowest BCUT2D eigenvalue weighted by Crippen LogP contribution is -2.31. The summed E-state index contributed by atoms with van der Waals surface area (Å²) in [7, 11) is 0. The Morgan fingerprint density at radius 3 is 2.56 bits per heavy atom. The molecular weight excluding hydrogens is 222 g/mol. The zero-order valence-corrected chi connectivity index (χ0v) is 10.6. The Morgan fingerprint density at radius 2 is 1.94 bits per heavy atom. The lowest BCUT2D eigenvalue weighted by molar-refractivity contribution is 0.0954. The summed E-state index contributed by atoms with van der Waals surface area (Å²) in [6.45, 7) is 4.00. The number of nitrogen functional groups attached to an aromatic ring is 2. The molecule has 1 aromatic heterocycles. The summed E-state index contributed by atoms with van der Waals surface area (Å²) in [5.74, 6) is 4.85. The first-order chi connectivity index (χ1) is 7.74. The molecule has 1 aromatic rings. The van der Waals surface area contributed by atoms with Crippen molar-refractivity contribution in [2.45, 2.75) is 39.5 Å². The molecule has 2 rings (SSSR count). The first kappa shape index (κ1) is 13.0. The van der Waals surface area contributed by atoms with Crippen LogP contribution in [-0.2, 0) is 12.8 Å². The number of anilines is 1. The topological polar surface area (TPSA) is 81.1 Å². The number of nitrogens with one attached hydrogen (secondary N) is 1. The summed E-state index contributed by atoms with van der Waals surface area (Å²) in [6.07, 6.45) is 4.32. The van der Waals surface area contributed by atoms with Gasteiger partial charge in [0, 0.05) is 4.88 Å². The molecule has 5 N–H and O–H groups in total. The number of carbonyl (C=O) groups is 1. The number of hydrogen-bond donors (Lipinski definition) is 3. The highest BCUT2D eigenvalue weighted by Gasteiger charge is 2.23. The molecule has 90 valence electrons. The van der Waals surface area contributed by atoms with E-state index in [2.05, 4.69) is 5.43 Å². The molecule has 1 aliphatic carbocycles. The second-order valence-electron chi connectivity index (χ2n) is 3.42. The zero-order chi connectivity index (χ0) is 12.1. The Bertz CT molecular complexity index is 374. The van der Waals surface area contributed by atoms with Crippen molar-refractivity contribution in [1.29, 1.82) is 0 Å². The van der Waals surface area contributed by atoms with Crippen LogP contribution in [0.3, 0.4) is 0 Å². The molecule has 0 saturated carbocycles. The van der Waals surface area contributed by atoms with E-state index in [-0.39, 0.29) is 5.91 Å². The SMILES string of the molecule is CC.NNC(=O)c1c(N)sc2c1CCCC2. The van der Waals surface area contributed by atoms with E-state index in [4.69, 9.17) is 11.6 Å². The Kier molecular flexibility index (Phi) is 4.76. The van der Waals surface area contributed by atoms with Gasteiger partial charge in [-0.15, -0.1) is 11.3 Å². The lowest BCUT2D eigenvalue weighted by Gasteiger charge is -2.11. The van der Waals surface area contributed by atoms with Crippen molar-refractivity contribution >= 4 is 22.2 Å². The van der Waals surface area contributed by atoms with E-state index in [0.717, 1.165) is 24.8 Å². The van der Waals surface area contributed by atoms with Crippen molar-refractivity contribution in [1.82, 2.24) is 5.43 Å². The molecule has 1 aliphatic rings. The minimum Gasteiger partial charge on any atom is -0.390 e. The quantitative estimate of drug-likeness (QED) is 0.398. The maximum Gasteiger partial charge on any atom is 0.268 e. The highest BCUT2D eigenvalue weighted by atomic mass is 32.1. The van der Waals surface area contributed by atoms with E-state index >= 15 is 0 Å². The van der Waals surface area contributed by atoms with Gasteiger partial charge in [0.2, 0.25) is 0 Å². The van der Waals surface area contributed by atoms with Crippen LogP contribution in [0.1, 0.15) is 47.5 Å². The van der Waals surface area contributed by atoms with Gasteiger partial charge in [0.15, 0.2) is 0 Å². The molecule has 4 nitrogen and oxygen atoms in total. The third kappa shape index (κ3) is 2.36. The van der Waals surface area contributed by atoms with Gasteiger partial charge in [-0.05, 0) is 31.2 Å². The largest absolute Gasteiger partial charge is 0.390 e. The summed E-state index contributed by atoms with van der Waals surface area (Å²) in [6, 6.07) is 0. The number of carbonyl (C=O) groups excluding carboxylic acids is 1. The summed E-state index contributed by atoms with van der Waals surface area (Å²) >= 11 is 1.52. The van der Waals surface area contributed by atoms with Crippen molar-refractivity contribution in [2.75, 3.05) is 5.73 Å². The zero-order valence-electron chi connectivity index (χ0n) is 9.80. The fourth-order valence-electron chi connectivity index (χ4n) is 1.91. The third-order valence-electron chi connectivity index (χ3n) is 2.56. The number of nitrogens with two attached hydrogens (primary N) is 2. The van der Waals surface area contributed by atoms with Gasteiger partial charge in [-0.1, -0.05) is 13.8 Å². The van der Waals surface area contributed by atoms with Crippen LogP contribution < -0.4 is 17.0 Å². The molecule has 0 spiro atoms. The van der Waals surface area contributed by atoms with Crippen molar-refractivity contribution in [3.8, 4) is 0 Å². The average molecular weight is 241 g/mol. The number of rotatable bonds is 1. The molecule has 0 aromatic carbocycles. The van der Waals surface area contributed by atoms with Gasteiger partial charge in [-0.25, -0.2) is 5.84 Å². The summed E-state index contributed by atoms with van der Waals surface area (Å²) in [5.41, 5.74) is 9.66. The van der Waals surface area contributed by atoms with Gasteiger partial charge < -0.3 is 5.73 Å². The van der Waals surface area contributed by atoms with Crippen molar-refractivity contribution in [3.63, 3.8) is 0 Å². The molecule has 0 atom stereocenters. The van der Waals surface area contributed by atoms with Gasteiger partial charge in [0.1, 0.15) is 0 Å². The molecule has 0 saturated heterocycles. The van der Waals surface area contributed by atoms with E-state index in [1.165, 1.54) is 22.6 Å². The molecule has 1 heterocycles. The number of thiophene rings is 1. The monoisotopic (exact) mass is 241 g/mol. The van der Waals surface area contributed by atoms with E-state index in [0.29, 0.717) is 10.6 Å². The Balaban J connectivity index is 0.000000606. The molecule has 1 amide bonds. The van der Waals surface area contributed by atoms with E-state index in [9.17, 15) is 4.79 Å². The molecular formula is C11H19N3OS. The van der Waals surface area contributed by atoms with Gasteiger partial charge >= 0.3 is 0 Å². The van der Waals surface area contributed by atoms with E-state index in [1.54, 1.807) is 0 Å². The highest BCUT2D eigenvalue weighted by Crippen LogP contribution is 2.35. The fraction of sp³-hybridized carbons (Fsp3) is 0.545. The van der Waals surface area contributed by atoms with Crippen molar-refractivity contribution < 1.29 is 4.79 Å². The molecule has 5 heteroatoms. The molecule has 0 bridgehead atoms. The first-order valence-corrected chi connectivity index (χ1v) is 6.46. The smallest absolute Gasteiger partial charge is 0.268 e. The van der Waals surface area contributed by atoms with Crippen LogP contribution in [0.25, 0.3) is 0 Å².